The largest absolute Gasteiger partial charge is 0.481 e. The topological polar surface area (TPSA) is 71.3 Å². The maximum absolute atomic E-state index is 11.9. The van der Waals surface area contributed by atoms with Crippen LogP contribution in [0.4, 0.5) is 0 Å². The SMILES string of the molecule is CC(CCNC(=O)c1cccn1C(C)C)C(=O)O. The summed E-state index contributed by atoms with van der Waals surface area (Å²) in [5, 5.41) is 11.5. The van der Waals surface area contributed by atoms with Crippen molar-refractivity contribution in [1.82, 2.24) is 9.88 Å². The van der Waals surface area contributed by atoms with Crippen molar-refractivity contribution in [3.63, 3.8) is 0 Å². The van der Waals surface area contributed by atoms with E-state index in [4.69, 9.17) is 5.11 Å². The molecule has 0 fully saturated rings. The van der Waals surface area contributed by atoms with Crippen LogP contribution in [-0.2, 0) is 4.79 Å². The number of nitrogens with one attached hydrogen (secondary N) is 1. The zero-order valence-corrected chi connectivity index (χ0v) is 11.0. The molecule has 2 N–H and O–H groups in total. The molecule has 0 saturated heterocycles. The van der Waals surface area contributed by atoms with Crippen LogP contribution < -0.4 is 5.32 Å². The van der Waals surface area contributed by atoms with E-state index in [9.17, 15) is 9.59 Å². The quantitative estimate of drug-likeness (QED) is 0.812. The monoisotopic (exact) mass is 252 g/mol. The molecule has 0 aliphatic rings. The highest BCUT2D eigenvalue weighted by Crippen LogP contribution is 2.10. The Bertz CT molecular complexity index is 424. The van der Waals surface area contributed by atoms with Gasteiger partial charge in [-0.3, -0.25) is 9.59 Å². The minimum atomic E-state index is -0.838. The van der Waals surface area contributed by atoms with Crippen LogP contribution in [0, 0.1) is 5.92 Å². The van der Waals surface area contributed by atoms with Gasteiger partial charge < -0.3 is 15.0 Å². The van der Waals surface area contributed by atoms with E-state index in [0.717, 1.165) is 0 Å². The first kappa shape index (κ1) is 14.3. The van der Waals surface area contributed by atoms with Crippen LogP contribution in [0.15, 0.2) is 18.3 Å². The van der Waals surface area contributed by atoms with E-state index < -0.39 is 11.9 Å². The second-order valence-corrected chi connectivity index (χ2v) is 4.68. The van der Waals surface area contributed by atoms with Gasteiger partial charge in [0.2, 0.25) is 0 Å². The van der Waals surface area contributed by atoms with E-state index in [1.165, 1.54) is 0 Å². The summed E-state index contributed by atoms with van der Waals surface area (Å²) in [4.78, 5) is 22.5. The third-order valence-corrected chi connectivity index (χ3v) is 2.85. The lowest BCUT2D eigenvalue weighted by molar-refractivity contribution is -0.141. The molecule has 1 aromatic rings. The van der Waals surface area contributed by atoms with E-state index in [-0.39, 0.29) is 11.9 Å². The molecule has 100 valence electrons. The molecule has 0 spiro atoms. The summed E-state index contributed by atoms with van der Waals surface area (Å²) in [5.41, 5.74) is 0.605. The predicted octanol–water partition coefficient (Wildman–Crippen LogP) is 1.91. The van der Waals surface area contributed by atoms with Crippen molar-refractivity contribution in [2.45, 2.75) is 33.2 Å². The number of rotatable bonds is 6. The Morgan fingerprint density at radius 3 is 2.61 bits per heavy atom. The van der Waals surface area contributed by atoms with Gasteiger partial charge in [-0.1, -0.05) is 6.92 Å². The first-order chi connectivity index (χ1) is 8.43. The van der Waals surface area contributed by atoms with Crippen LogP contribution in [0.2, 0.25) is 0 Å². The molecule has 1 unspecified atom stereocenters. The molecule has 0 aliphatic heterocycles. The van der Waals surface area contributed by atoms with Crippen molar-refractivity contribution in [3.05, 3.63) is 24.0 Å². The predicted molar refractivity (Wildman–Crippen MR) is 68.6 cm³/mol. The molecule has 1 aromatic heterocycles. The standard InChI is InChI=1S/C13H20N2O3/c1-9(2)15-8-4-5-11(15)12(16)14-7-6-10(3)13(17)18/h4-5,8-10H,6-7H2,1-3H3,(H,14,16)(H,17,18). The first-order valence-corrected chi connectivity index (χ1v) is 6.11. The Labute approximate surface area is 107 Å². The second kappa shape index (κ2) is 6.23. The normalized spacial score (nSPS) is 12.4. The van der Waals surface area contributed by atoms with Crippen molar-refractivity contribution in [3.8, 4) is 0 Å². The van der Waals surface area contributed by atoms with Crippen molar-refractivity contribution >= 4 is 11.9 Å². The molecule has 1 amide bonds. The van der Waals surface area contributed by atoms with E-state index in [0.29, 0.717) is 18.7 Å². The lowest BCUT2D eigenvalue weighted by Gasteiger charge is -2.13. The van der Waals surface area contributed by atoms with Gasteiger partial charge in [-0.15, -0.1) is 0 Å². The van der Waals surface area contributed by atoms with E-state index in [2.05, 4.69) is 5.32 Å². The highest BCUT2D eigenvalue weighted by molar-refractivity contribution is 5.92. The smallest absolute Gasteiger partial charge is 0.306 e. The van der Waals surface area contributed by atoms with Crippen molar-refractivity contribution in [2.24, 2.45) is 5.92 Å². The lowest BCUT2D eigenvalue weighted by atomic mass is 10.1. The van der Waals surface area contributed by atoms with Crippen molar-refractivity contribution in [1.29, 1.82) is 0 Å². The zero-order chi connectivity index (χ0) is 13.7. The van der Waals surface area contributed by atoms with E-state index in [1.807, 2.05) is 30.7 Å². The molecule has 0 saturated carbocycles. The number of carboxylic acid groups (broad SMARTS) is 1. The Hall–Kier alpha value is -1.78. The summed E-state index contributed by atoms with van der Waals surface area (Å²) in [5.74, 6) is -1.44. The Balaban J connectivity index is 2.51. The van der Waals surface area contributed by atoms with E-state index >= 15 is 0 Å². The number of aliphatic carboxylic acids is 1. The van der Waals surface area contributed by atoms with Gasteiger partial charge in [0.15, 0.2) is 0 Å². The number of carboxylic acids is 1. The average molecular weight is 252 g/mol. The fourth-order valence-corrected chi connectivity index (χ4v) is 1.65. The third kappa shape index (κ3) is 3.61. The molecule has 1 rings (SSSR count). The molecular weight excluding hydrogens is 232 g/mol. The summed E-state index contributed by atoms with van der Waals surface area (Å²) in [6.45, 7) is 6.01. The second-order valence-electron chi connectivity index (χ2n) is 4.68. The molecule has 5 heteroatoms. The third-order valence-electron chi connectivity index (χ3n) is 2.85. The van der Waals surface area contributed by atoms with Gasteiger partial charge >= 0.3 is 5.97 Å². The van der Waals surface area contributed by atoms with Crippen LogP contribution in [0.1, 0.15) is 43.7 Å². The van der Waals surface area contributed by atoms with Gasteiger partial charge in [-0.05, 0) is 32.4 Å². The van der Waals surface area contributed by atoms with Gasteiger partial charge in [-0.25, -0.2) is 0 Å². The van der Waals surface area contributed by atoms with Crippen LogP contribution in [0.5, 0.6) is 0 Å². The Kier molecular flexibility index (Phi) is 4.95. The molecule has 18 heavy (non-hydrogen) atoms. The Morgan fingerprint density at radius 2 is 2.06 bits per heavy atom. The molecule has 1 heterocycles. The summed E-state index contributed by atoms with van der Waals surface area (Å²) in [7, 11) is 0. The van der Waals surface area contributed by atoms with Crippen molar-refractivity contribution in [2.75, 3.05) is 6.54 Å². The maximum atomic E-state index is 11.9. The number of nitrogens with zero attached hydrogens (tertiary/aromatic N) is 1. The van der Waals surface area contributed by atoms with Gasteiger partial charge in [0.1, 0.15) is 5.69 Å². The van der Waals surface area contributed by atoms with Crippen LogP contribution in [0.3, 0.4) is 0 Å². The molecule has 1 atom stereocenters. The highest BCUT2D eigenvalue weighted by Gasteiger charge is 2.14. The number of hydrogen-bond acceptors (Lipinski definition) is 2. The minimum Gasteiger partial charge on any atom is -0.481 e. The van der Waals surface area contributed by atoms with Gasteiger partial charge in [-0.2, -0.15) is 0 Å². The highest BCUT2D eigenvalue weighted by atomic mass is 16.4. The summed E-state index contributed by atoms with van der Waals surface area (Å²) in [6.07, 6.45) is 2.29. The number of aromatic nitrogens is 1. The van der Waals surface area contributed by atoms with Gasteiger partial charge in [0.25, 0.3) is 5.91 Å². The molecule has 0 aromatic carbocycles. The lowest BCUT2D eigenvalue weighted by Crippen LogP contribution is -2.29. The van der Waals surface area contributed by atoms with Crippen molar-refractivity contribution < 1.29 is 14.7 Å². The zero-order valence-electron chi connectivity index (χ0n) is 11.0. The maximum Gasteiger partial charge on any atom is 0.306 e. The fraction of sp³-hybridized carbons (Fsp3) is 0.538. The molecule has 0 bridgehead atoms. The van der Waals surface area contributed by atoms with Crippen LogP contribution >= 0.6 is 0 Å². The molecular formula is C13H20N2O3. The minimum absolute atomic E-state index is 0.161. The number of hydrogen-bond donors (Lipinski definition) is 2. The summed E-state index contributed by atoms with van der Waals surface area (Å²) < 4.78 is 1.88. The molecule has 0 radical (unpaired) electrons. The van der Waals surface area contributed by atoms with Crippen LogP contribution in [0.25, 0.3) is 0 Å². The molecule has 0 aliphatic carbocycles. The summed E-state index contributed by atoms with van der Waals surface area (Å²) in [6, 6.07) is 3.81. The first-order valence-electron chi connectivity index (χ1n) is 6.11. The summed E-state index contributed by atoms with van der Waals surface area (Å²) >= 11 is 0. The van der Waals surface area contributed by atoms with Crippen LogP contribution in [-0.4, -0.2) is 28.1 Å². The number of carbonyl (C=O) groups is 2. The number of carbonyl (C=O) groups excluding carboxylic acids is 1. The fourth-order valence-electron chi connectivity index (χ4n) is 1.65. The van der Waals surface area contributed by atoms with Gasteiger partial charge in [0, 0.05) is 18.8 Å². The Morgan fingerprint density at radius 1 is 1.39 bits per heavy atom. The van der Waals surface area contributed by atoms with E-state index in [1.54, 1.807) is 13.0 Å². The van der Waals surface area contributed by atoms with Gasteiger partial charge in [0.05, 0.1) is 5.92 Å². The number of amides is 1. The average Bonchev–Trinajstić information content (AvgIpc) is 2.77. The molecule has 5 nitrogen and oxygen atoms in total.